The third kappa shape index (κ3) is 1.86. The first-order valence-corrected chi connectivity index (χ1v) is 6.88. The third-order valence-corrected chi connectivity index (χ3v) is 4.00. The van der Waals surface area contributed by atoms with Gasteiger partial charge in [-0.1, -0.05) is 0 Å². The van der Waals surface area contributed by atoms with Gasteiger partial charge in [-0.3, -0.25) is 9.78 Å². The molecule has 0 atom stereocenters. The number of rotatable bonds is 1. The van der Waals surface area contributed by atoms with Gasteiger partial charge in [0.25, 0.3) is 0 Å². The molecule has 0 fully saturated rings. The van der Waals surface area contributed by atoms with Crippen LogP contribution in [-0.4, -0.2) is 14.5 Å². The molecule has 108 valence electrons. The van der Waals surface area contributed by atoms with Crippen molar-refractivity contribution in [1.29, 1.82) is 0 Å². The summed E-state index contributed by atoms with van der Waals surface area (Å²) >= 11 is 0. The van der Waals surface area contributed by atoms with Crippen LogP contribution in [-0.2, 0) is 13.6 Å². The van der Waals surface area contributed by atoms with E-state index in [4.69, 9.17) is 0 Å². The van der Waals surface area contributed by atoms with E-state index in [1.54, 1.807) is 4.57 Å². The lowest BCUT2D eigenvalue weighted by Crippen LogP contribution is -2.45. The number of hydrogen-bond acceptors (Lipinski definition) is 3. The van der Waals surface area contributed by atoms with Crippen LogP contribution in [0.5, 0.6) is 0 Å². The summed E-state index contributed by atoms with van der Waals surface area (Å²) < 4.78 is 3.71. The Morgan fingerprint density at radius 3 is 2.57 bits per heavy atom. The van der Waals surface area contributed by atoms with Gasteiger partial charge in [-0.25, -0.2) is 4.79 Å². The summed E-state index contributed by atoms with van der Waals surface area (Å²) in [6, 6.07) is 4.13. The minimum Gasteiger partial charge on any atom is -0.318 e. The van der Waals surface area contributed by atoms with Gasteiger partial charge in [-0.15, -0.1) is 0 Å². The number of nitrogens with one attached hydrogen (secondary N) is 1. The molecule has 0 amide bonds. The second-order valence-electron chi connectivity index (χ2n) is 5.27. The van der Waals surface area contributed by atoms with E-state index in [1.165, 1.54) is 0 Å². The van der Waals surface area contributed by atoms with Crippen molar-refractivity contribution in [2.45, 2.75) is 27.3 Å². The van der Waals surface area contributed by atoms with Gasteiger partial charge < -0.3 is 4.57 Å². The molecule has 0 aliphatic carbocycles. The highest BCUT2D eigenvalue weighted by molar-refractivity contribution is 5.76. The number of benzene rings is 1. The summed E-state index contributed by atoms with van der Waals surface area (Å²) in [5.74, 6) is 0.404. The standard InChI is InChI=1S/C15H16N4O2/c1-5-19-11-7-9(3)8(2)6-10(11)18(4)13-12(19)14(20)17-15(21)16-13/h6-7H,5H2,1-4H3/p+1. The highest BCUT2D eigenvalue weighted by atomic mass is 16.2. The van der Waals surface area contributed by atoms with Gasteiger partial charge in [0.2, 0.25) is 11.3 Å². The van der Waals surface area contributed by atoms with Crippen molar-refractivity contribution in [3.8, 4) is 11.5 Å². The Hall–Kier alpha value is -2.50. The SMILES string of the molecule is CC[n+]1c2c(=O)[nH]c(=O)nc-2n(C)c2cc(C)c(C)cc21. The number of fused-ring (bicyclic) bond motifs is 2. The molecule has 2 aliphatic heterocycles. The molecule has 1 N–H and O–H groups in total. The van der Waals surface area contributed by atoms with Gasteiger partial charge in [0.1, 0.15) is 12.1 Å². The van der Waals surface area contributed by atoms with Crippen molar-refractivity contribution in [3.63, 3.8) is 0 Å². The molecule has 2 heterocycles. The van der Waals surface area contributed by atoms with E-state index in [2.05, 4.69) is 22.1 Å². The zero-order valence-electron chi connectivity index (χ0n) is 12.5. The lowest BCUT2D eigenvalue weighted by atomic mass is 10.1. The summed E-state index contributed by atoms with van der Waals surface area (Å²) in [6.07, 6.45) is 0. The lowest BCUT2D eigenvalue weighted by Gasteiger charge is -2.13. The summed E-state index contributed by atoms with van der Waals surface area (Å²) in [5, 5.41) is 0. The highest BCUT2D eigenvalue weighted by Gasteiger charge is 2.28. The van der Waals surface area contributed by atoms with Crippen LogP contribution >= 0.6 is 0 Å². The van der Waals surface area contributed by atoms with Crippen molar-refractivity contribution in [2.75, 3.05) is 0 Å². The average Bonchev–Trinajstić information content (AvgIpc) is 2.43. The minimum atomic E-state index is -0.617. The first kappa shape index (κ1) is 13.5. The maximum atomic E-state index is 12.2. The molecule has 0 saturated heterocycles. The van der Waals surface area contributed by atoms with Gasteiger partial charge in [0, 0.05) is 13.1 Å². The third-order valence-electron chi connectivity index (χ3n) is 4.00. The van der Waals surface area contributed by atoms with E-state index in [0.29, 0.717) is 18.1 Å². The minimum absolute atomic E-state index is 0.400. The molecule has 6 heteroatoms. The molecular weight excluding hydrogens is 268 g/mol. The lowest BCUT2D eigenvalue weighted by molar-refractivity contribution is -0.658. The Bertz CT molecular complexity index is 953. The van der Waals surface area contributed by atoms with Crippen LogP contribution in [0.15, 0.2) is 21.7 Å². The summed E-state index contributed by atoms with van der Waals surface area (Å²) in [6.45, 7) is 6.68. The zero-order chi connectivity index (χ0) is 15.3. The molecule has 0 aromatic heterocycles. The number of nitrogens with zero attached hydrogens (tertiary/aromatic N) is 3. The van der Waals surface area contributed by atoms with Crippen LogP contribution in [0.25, 0.3) is 22.6 Å². The van der Waals surface area contributed by atoms with Crippen molar-refractivity contribution < 1.29 is 4.57 Å². The Morgan fingerprint density at radius 1 is 1.24 bits per heavy atom. The van der Waals surface area contributed by atoms with Gasteiger partial charge >= 0.3 is 16.9 Å². The van der Waals surface area contributed by atoms with Crippen molar-refractivity contribution in [2.24, 2.45) is 7.05 Å². The van der Waals surface area contributed by atoms with Crippen LogP contribution in [0, 0.1) is 13.8 Å². The fraction of sp³-hybridized carbons (Fsp3) is 0.333. The van der Waals surface area contributed by atoms with E-state index in [9.17, 15) is 9.59 Å². The number of aromatic nitrogens is 4. The maximum absolute atomic E-state index is 12.2. The van der Waals surface area contributed by atoms with Crippen LogP contribution in [0.3, 0.4) is 0 Å². The van der Waals surface area contributed by atoms with Crippen LogP contribution in [0.2, 0.25) is 0 Å². The molecule has 2 aliphatic rings. The molecule has 21 heavy (non-hydrogen) atoms. The molecule has 1 aromatic carbocycles. The van der Waals surface area contributed by atoms with Gasteiger partial charge in [-0.05, 0) is 38.0 Å². The summed E-state index contributed by atoms with van der Waals surface area (Å²) in [5.41, 5.74) is 3.64. The fourth-order valence-electron chi connectivity index (χ4n) is 2.75. The molecule has 0 radical (unpaired) electrons. The van der Waals surface area contributed by atoms with Crippen LogP contribution < -0.4 is 15.8 Å². The highest BCUT2D eigenvalue weighted by Crippen LogP contribution is 2.21. The van der Waals surface area contributed by atoms with Gasteiger partial charge in [0.05, 0.1) is 0 Å². The number of aromatic amines is 1. The van der Waals surface area contributed by atoms with E-state index >= 15 is 0 Å². The van der Waals surface area contributed by atoms with E-state index in [1.807, 2.05) is 32.4 Å². The van der Waals surface area contributed by atoms with E-state index in [0.717, 1.165) is 22.2 Å². The molecule has 3 rings (SSSR count). The molecular formula is C15H17N4O2+. The Morgan fingerprint density at radius 2 is 1.90 bits per heavy atom. The predicted octanol–water partition coefficient (Wildman–Crippen LogP) is 0.651. The zero-order valence-corrected chi connectivity index (χ0v) is 12.5. The maximum Gasteiger partial charge on any atom is 0.350 e. The van der Waals surface area contributed by atoms with Gasteiger partial charge in [-0.2, -0.15) is 9.55 Å². The Kier molecular flexibility index (Phi) is 2.90. The monoisotopic (exact) mass is 285 g/mol. The quantitative estimate of drug-likeness (QED) is 0.527. The Balaban J connectivity index is 2.69. The molecule has 0 unspecified atom stereocenters. The Labute approximate surface area is 121 Å². The largest absolute Gasteiger partial charge is 0.350 e. The normalized spacial score (nSPS) is 11.4. The fourth-order valence-corrected chi connectivity index (χ4v) is 2.75. The van der Waals surface area contributed by atoms with E-state index < -0.39 is 11.2 Å². The second-order valence-corrected chi connectivity index (χ2v) is 5.27. The second kappa shape index (κ2) is 4.51. The molecule has 0 spiro atoms. The molecule has 6 nitrogen and oxygen atoms in total. The summed E-state index contributed by atoms with van der Waals surface area (Å²) in [4.78, 5) is 29.9. The van der Waals surface area contributed by atoms with Crippen molar-refractivity contribution in [3.05, 3.63) is 44.1 Å². The first-order valence-electron chi connectivity index (χ1n) is 6.88. The molecule has 0 bridgehead atoms. The smallest absolute Gasteiger partial charge is 0.318 e. The van der Waals surface area contributed by atoms with Crippen LogP contribution in [0.4, 0.5) is 0 Å². The summed E-state index contributed by atoms with van der Waals surface area (Å²) in [7, 11) is 1.82. The van der Waals surface area contributed by atoms with E-state index in [-0.39, 0.29) is 0 Å². The van der Waals surface area contributed by atoms with Gasteiger partial charge in [0.15, 0.2) is 0 Å². The molecule has 1 aromatic rings. The number of hydrogen-bond donors (Lipinski definition) is 1. The van der Waals surface area contributed by atoms with Crippen molar-refractivity contribution in [1.82, 2.24) is 14.5 Å². The molecule has 0 saturated carbocycles. The number of aryl methyl sites for hydroxylation is 4. The average molecular weight is 285 g/mol. The first-order chi connectivity index (χ1) is 9.93. The van der Waals surface area contributed by atoms with Crippen molar-refractivity contribution >= 4 is 11.0 Å². The van der Waals surface area contributed by atoms with Crippen LogP contribution in [0.1, 0.15) is 18.1 Å². The predicted molar refractivity (Wildman–Crippen MR) is 79.6 cm³/mol. The number of H-pyrrole nitrogens is 1. The topological polar surface area (TPSA) is 71.6 Å².